The fourth-order valence-corrected chi connectivity index (χ4v) is 2.03. The lowest BCUT2D eigenvalue weighted by atomic mass is 10.2. The lowest BCUT2D eigenvalue weighted by molar-refractivity contribution is -0.126. The molecule has 106 valence electrons. The maximum Gasteiger partial charge on any atom is 0.289 e. The van der Waals surface area contributed by atoms with E-state index in [4.69, 9.17) is 4.74 Å². The van der Waals surface area contributed by atoms with Gasteiger partial charge in [0, 0.05) is 12.6 Å². The molecule has 0 spiro atoms. The largest absolute Gasteiger partial charge is 0.503 e. The molecule has 1 aliphatic heterocycles. The summed E-state index contributed by atoms with van der Waals surface area (Å²) in [5.41, 5.74) is 0.937. The van der Waals surface area contributed by atoms with Crippen LogP contribution in [0.15, 0.2) is 48.5 Å². The molecule has 0 saturated heterocycles. The first-order chi connectivity index (χ1) is 10.1. The molecular formula is C15H13N3O3. The monoisotopic (exact) mass is 283 g/mol. The number of benzene rings is 1. The molecule has 0 radical (unpaired) electrons. The second-order valence-electron chi connectivity index (χ2n) is 4.64. The second kappa shape index (κ2) is 5.24. The summed E-state index contributed by atoms with van der Waals surface area (Å²) in [7, 11) is 1.62. The maximum absolute atomic E-state index is 11.5. The van der Waals surface area contributed by atoms with E-state index >= 15 is 0 Å². The van der Waals surface area contributed by atoms with Crippen molar-refractivity contribution >= 4 is 11.5 Å². The Morgan fingerprint density at radius 2 is 1.95 bits per heavy atom. The Kier molecular flexibility index (Phi) is 3.27. The number of aliphatic hydroxyl groups is 1. The Hall–Kier alpha value is -2.89. The fraction of sp³-hybridized carbons (Fsp3) is 0.133. The van der Waals surface area contributed by atoms with Gasteiger partial charge in [0.15, 0.2) is 5.76 Å². The van der Waals surface area contributed by atoms with E-state index in [1.54, 1.807) is 7.05 Å². The van der Waals surface area contributed by atoms with Crippen LogP contribution in [0.2, 0.25) is 0 Å². The van der Waals surface area contributed by atoms with E-state index in [0.717, 1.165) is 0 Å². The number of aromatic nitrogens is 2. The van der Waals surface area contributed by atoms with Gasteiger partial charge in [0.05, 0.1) is 24.6 Å². The van der Waals surface area contributed by atoms with Gasteiger partial charge in [-0.2, -0.15) is 0 Å². The zero-order chi connectivity index (χ0) is 14.8. The number of aliphatic hydroxyl groups excluding tert-OH is 1. The fourth-order valence-electron chi connectivity index (χ4n) is 2.03. The maximum atomic E-state index is 11.5. The lowest BCUT2D eigenvalue weighted by Gasteiger charge is -2.07. The molecule has 6 nitrogen and oxygen atoms in total. The summed E-state index contributed by atoms with van der Waals surface area (Å²) in [4.78, 5) is 21.3. The SMILES string of the molecule is CN1CC(c2cnc(Oc3ccccc3)cn2)=C(O)C1=O. The molecule has 6 heteroatoms. The molecule has 2 heterocycles. The predicted molar refractivity (Wildman–Crippen MR) is 75.7 cm³/mol. The summed E-state index contributed by atoms with van der Waals surface area (Å²) < 4.78 is 5.54. The third-order valence-electron chi connectivity index (χ3n) is 3.13. The Balaban J connectivity index is 1.81. The van der Waals surface area contributed by atoms with Crippen LogP contribution in [-0.4, -0.2) is 39.5 Å². The number of hydrogen-bond acceptors (Lipinski definition) is 5. The number of para-hydroxylation sites is 1. The third kappa shape index (κ3) is 2.55. The van der Waals surface area contributed by atoms with Gasteiger partial charge in [-0.15, -0.1) is 0 Å². The van der Waals surface area contributed by atoms with E-state index in [2.05, 4.69) is 9.97 Å². The summed E-state index contributed by atoms with van der Waals surface area (Å²) in [5.74, 6) is 0.333. The number of carbonyl (C=O) groups excluding carboxylic acids is 1. The number of ether oxygens (including phenoxy) is 1. The number of hydrogen-bond donors (Lipinski definition) is 1. The van der Waals surface area contributed by atoms with Gasteiger partial charge in [-0.05, 0) is 12.1 Å². The molecule has 1 aromatic carbocycles. The molecule has 0 saturated carbocycles. The van der Waals surface area contributed by atoms with Gasteiger partial charge in [0.2, 0.25) is 5.88 Å². The van der Waals surface area contributed by atoms with Gasteiger partial charge >= 0.3 is 0 Å². The van der Waals surface area contributed by atoms with Crippen LogP contribution in [0.25, 0.3) is 5.57 Å². The molecule has 1 aromatic heterocycles. The molecule has 0 unspecified atom stereocenters. The predicted octanol–water partition coefficient (Wildman–Crippen LogP) is 2.01. The molecule has 0 aliphatic carbocycles. The van der Waals surface area contributed by atoms with Crippen LogP contribution in [0, 0.1) is 0 Å². The van der Waals surface area contributed by atoms with Gasteiger partial charge in [0.1, 0.15) is 5.75 Å². The van der Waals surface area contributed by atoms with Gasteiger partial charge in [-0.3, -0.25) is 4.79 Å². The number of rotatable bonds is 3. The number of amides is 1. The molecule has 1 amide bonds. The molecule has 21 heavy (non-hydrogen) atoms. The van der Waals surface area contributed by atoms with E-state index in [9.17, 15) is 9.90 Å². The minimum Gasteiger partial charge on any atom is -0.503 e. The summed E-state index contributed by atoms with van der Waals surface area (Å²) >= 11 is 0. The molecule has 0 bridgehead atoms. The van der Waals surface area contributed by atoms with E-state index in [-0.39, 0.29) is 5.76 Å². The van der Waals surface area contributed by atoms with Crippen molar-refractivity contribution in [1.29, 1.82) is 0 Å². The average molecular weight is 283 g/mol. The molecule has 0 fully saturated rings. The van der Waals surface area contributed by atoms with Crippen molar-refractivity contribution in [3.8, 4) is 11.6 Å². The Bertz CT molecular complexity index is 696. The highest BCUT2D eigenvalue weighted by Gasteiger charge is 2.29. The number of carbonyl (C=O) groups is 1. The van der Waals surface area contributed by atoms with Crippen LogP contribution in [-0.2, 0) is 4.79 Å². The number of likely N-dealkylation sites (N-methyl/N-ethyl adjacent to an activating group) is 1. The zero-order valence-electron chi connectivity index (χ0n) is 11.4. The van der Waals surface area contributed by atoms with Crippen LogP contribution >= 0.6 is 0 Å². The first kappa shape index (κ1) is 13.1. The highest BCUT2D eigenvalue weighted by Crippen LogP contribution is 2.25. The van der Waals surface area contributed by atoms with E-state index in [1.807, 2.05) is 30.3 Å². The smallest absolute Gasteiger partial charge is 0.289 e. The van der Waals surface area contributed by atoms with E-state index in [1.165, 1.54) is 17.3 Å². The Labute approximate surface area is 121 Å². The molecule has 0 atom stereocenters. The molecule has 1 aliphatic rings. The molecule has 2 aromatic rings. The minimum atomic E-state index is -0.406. The Morgan fingerprint density at radius 3 is 2.52 bits per heavy atom. The summed E-state index contributed by atoms with van der Waals surface area (Å²) in [5, 5.41) is 9.78. The van der Waals surface area contributed by atoms with Gasteiger partial charge in [-0.1, -0.05) is 18.2 Å². The van der Waals surface area contributed by atoms with Crippen molar-refractivity contribution in [2.45, 2.75) is 0 Å². The first-order valence-corrected chi connectivity index (χ1v) is 6.38. The van der Waals surface area contributed by atoms with Crippen molar-refractivity contribution in [3.05, 3.63) is 54.2 Å². The van der Waals surface area contributed by atoms with Crippen molar-refractivity contribution in [2.75, 3.05) is 13.6 Å². The van der Waals surface area contributed by atoms with Gasteiger partial charge in [-0.25, -0.2) is 9.97 Å². The second-order valence-corrected chi connectivity index (χ2v) is 4.64. The van der Waals surface area contributed by atoms with Gasteiger partial charge in [0.25, 0.3) is 5.91 Å². The standard InChI is InChI=1S/C15H13N3O3/c1-18-9-11(14(19)15(18)20)12-7-17-13(8-16-12)21-10-5-3-2-4-6-10/h2-8,19H,9H2,1H3. The van der Waals surface area contributed by atoms with E-state index in [0.29, 0.717) is 29.4 Å². The zero-order valence-corrected chi connectivity index (χ0v) is 11.4. The third-order valence-corrected chi connectivity index (χ3v) is 3.13. The molecule has 3 rings (SSSR count). The normalized spacial score (nSPS) is 14.7. The topological polar surface area (TPSA) is 75.6 Å². The molecule has 1 N–H and O–H groups in total. The van der Waals surface area contributed by atoms with Crippen LogP contribution in [0.5, 0.6) is 11.6 Å². The Morgan fingerprint density at radius 1 is 1.19 bits per heavy atom. The number of nitrogens with zero attached hydrogens (tertiary/aromatic N) is 3. The first-order valence-electron chi connectivity index (χ1n) is 6.38. The van der Waals surface area contributed by atoms with Crippen LogP contribution in [0.1, 0.15) is 5.69 Å². The van der Waals surface area contributed by atoms with Crippen molar-refractivity contribution < 1.29 is 14.6 Å². The van der Waals surface area contributed by atoms with Crippen LogP contribution in [0.4, 0.5) is 0 Å². The quantitative estimate of drug-likeness (QED) is 0.932. The average Bonchev–Trinajstić information content (AvgIpc) is 2.77. The van der Waals surface area contributed by atoms with E-state index < -0.39 is 5.91 Å². The van der Waals surface area contributed by atoms with Crippen molar-refractivity contribution in [2.24, 2.45) is 0 Å². The lowest BCUT2D eigenvalue weighted by Crippen LogP contribution is -2.21. The molecular weight excluding hydrogens is 270 g/mol. The van der Waals surface area contributed by atoms with Gasteiger partial charge < -0.3 is 14.7 Å². The summed E-state index contributed by atoms with van der Waals surface area (Å²) in [6, 6.07) is 9.24. The van der Waals surface area contributed by atoms with Crippen LogP contribution < -0.4 is 4.74 Å². The minimum absolute atomic E-state index is 0.275. The van der Waals surface area contributed by atoms with Crippen LogP contribution in [0.3, 0.4) is 0 Å². The summed E-state index contributed by atoms with van der Waals surface area (Å²) in [6.07, 6.45) is 2.95. The highest BCUT2D eigenvalue weighted by atomic mass is 16.5. The van der Waals surface area contributed by atoms with Crippen molar-refractivity contribution in [3.63, 3.8) is 0 Å². The highest BCUT2D eigenvalue weighted by molar-refractivity contribution is 6.03. The summed E-state index contributed by atoms with van der Waals surface area (Å²) in [6.45, 7) is 0.318. The van der Waals surface area contributed by atoms with Crippen molar-refractivity contribution in [1.82, 2.24) is 14.9 Å².